The number of hydrogen-bond donors (Lipinski definition) is 6. The Hall–Kier alpha value is -2.20. The van der Waals surface area contributed by atoms with Crippen LogP contribution in [0.15, 0.2) is 0 Å². The zero-order chi connectivity index (χ0) is 17.3. The van der Waals surface area contributed by atoms with Crippen LogP contribution in [0.1, 0.15) is 13.8 Å². The number of carboxylic acids is 1. The summed E-state index contributed by atoms with van der Waals surface area (Å²) in [5.74, 6) is -3.69. The predicted octanol–water partition coefficient (Wildman–Crippen LogP) is -3.24. The zero-order valence-corrected chi connectivity index (χ0v) is 12.5. The maximum atomic E-state index is 11.9. The molecule has 0 spiro atoms. The number of nitrogens with two attached hydrogens (primary N) is 1. The third-order valence-electron chi connectivity index (χ3n) is 2.70. The van der Waals surface area contributed by atoms with Gasteiger partial charge in [0.05, 0.1) is 19.7 Å². The number of aliphatic hydroxyl groups excluding tert-OH is 1. The van der Waals surface area contributed by atoms with Crippen LogP contribution in [0, 0.1) is 5.92 Å². The molecule has 0 saturated heterocycles. The minimum Gasteiger partial charge on any atom is -0.480 e. The van der Waals surface area contributed by atoms with Crippen molar-refractivity contribution in [2.45, 2.75) is 25.9 Å². The molecule has 10 heteroatoms. The summed E-state index contributed by atoms with van der Waals surface area (Å²) in [5, 5.41) is 24.7. The topological polar surface area (TPSA) is 171 Å². The minimum atomic E-state index is -1.32. The van der Waals surface area contributed by atoms with E-state index in [1.54, 1.807) is 13.8 Å². The van der Waals surface area contributed by atoms with Gasteiger partial charge in [0.25, 0.3) is 0 Å². The van der Waals surface area contributed by atoms with Crippen molar-refractivity contribution >= 4 is 23.7 Å². The Bertz CT molecular complexity index is 426. The molecule has 0 bridgehead atoms. The lowest BCUT2D eigenvalue weighted by molar-refractivity contribution is -0.143. The van der Waals surface area contributed by atoms with Crippen molar-refractivity contribution in [1.82, 2.24) is 16.0 Å². The molecule has 3 amide bonds. The Labute approximate surface area is 127 Å². The van der Waals surface area contributed by atoms with Gasteiger partial charge in [-0.2, -0.15) is 0 Å². The summed E-state index contributed by atoms with van der Waals surface area (Å²) >= 11 is 0. The first-order chi connectivity index (χ1) is 10.2. The highest BCUT2D eigenvalue weighted by Gasteiger charge is 2.28. The third kappa shape index (κ3) is 6.99. The molecule has 0 aromatic carbocycles. The van der Waals surface area contributed by atoms with Crippen molar-refractivity contribution in [3.8, 4) is 0 Å². The number of nitrogens with one attached hydrogen (secondary N) is 3. The molecule has 2 unspecified atom stereocenters. The minimum absolute atomic E-state index is 0.286. The van der Waals surface area contributed by atoms with E-state index in [-0.39, 0.29) is 12.5 Å². The molecule has 0 aromatic heterocycles. The summed E-state index contributed by atoms with van der Waals surface area (Å²) in [6.45, 7) is 1.80. The van der Waals surface area contributed by atoms with Crippen LogP contribution in [-0.4, -0.2) is 65.7 Å². The molecule has 2 atom stereocenters. The van der Waals surface area contributed by atoms with Crippen molar-refractivity contribution in [3.05, 3.63) is 0 Å². The number of hydrogen-bond acceptors (Lipinski definition) is 6. The second-order valence-corrected chi connectivity index (χ2v) is 4.85. The van der Waals surface area contributed by atoms with Crippen LogP contribution in [0.2, 0.25) is 0 Å². The quantitative estimate of drug-likeness (QED) is 0.259. The Balaban J connectivity index is 4.55. The summed E-state index contributed by atoms with van der Waals surface area (Å²) in [7, 11) is 0. The first-order valence-corrected chi connectivity index (χ1v) is 6.63. The second kappa shape index (κ2) is 9.68. The van der Waals surface area contributed by atoms with Gasteiger partial charge in [-0.25, -0.2) is 4.79 Å². The fourth-order valence-electron chi connectivity index (χ4n) is 1.46. The molecule has 0 aliphatic carbocycles. The molecule has 0 aromatic rings. The van der Waals surface area contributed by atoms with E-state index in [0.29, 0.717) is 0 Å². The monoisotopic (exact) mass is 318 g/mol. The zero-order valence-electron chi connectivity index (χ0n) is 12.5. The number of rotatable bonds is 9. The average Bonchev–Trinajstić information content (AvgIpc) is 2.46. The summed E-state index contributed by atoms with van der Waals surface area (Å²) in [6, 6.07) is -2.46. The molecular weight excluding hydrogens is 296 g/mol. The molecule has 0 fully saturated rings. The SMILES string of the molecule is CC(C)C(NC(=O)C(CO)NC(=O)CNC(=O)CN)C(=O)O. The molecule has 0 aliphatic rings. The van der Waals surface area contributed by atoms with Gasteiger partial charge >= 0.3 is 5.97 Å². The van der Waals surface area contributed by atoms with Crippen LogP contribution in [0.4, 0.5) is 0 Å². The van der Waals surface area contributed by atoms with Crippen molar-refractivity contribution in [1.29, 1.82) is 0 Å². The molecule has 0 rings (SSSR count). The lowest BCUT2D eigenvalue weighted by Crippen LogP contribution is -2.55. The number of carbonyl (C=O) groups is 4. The molecule has 22 heavy (non-hydrogen) atoms. The average molecular weight is 318 g/mol. The standard InChI is InChI=1S/C12H22N4O6/c1-6(2)10(12(21)22)16-11(20)7(5-17)15-9(19)4-14-8(18)3-13/h6-7,10,17H,3-5,13H2,1-2H3,(H,14,18)(H,15,19)(H,16,20)(H,21,22). The smallest absolute Gasteiger partial charge is 0.326 e. The Morgan fingerprint density at radius 2 is 1.68 bits per heavy atom. The normalized spacial score (nSPS) is 13.1. The lowest BCUT2D eigenvalue weighted by Gasteiger charge is -2.22. The van der Waals surface area contributed by atoms with Gasteiger partial charge in [-0.15, -0.1) is 0 Å². The number of aliphatic carboxylic acids is 1. The highest BCUT2D eigenvalue weighted by atomic mass is 16.4. The highest BCUT2D eigenvalue weighted by Crippen LogP contribution is 2.02. The fraction of sp³-hybridized carbons (Fsp3) is 0.667. The van der Waals surface area contributed by atoms with Crippen LogP contribution in [-0.2, 0) is 19.2 Å². The van der Waals surface area contributed by atoms with Crippen LogP contribution in [0.5, 0.6) is 0 Å². The molecule has 10 nitrogen and oxygen atoms in total. The molecular formula is C12H22N4O6. The summed E-state index contributed by atoms with van der Waals surface area (Å²) in [6.07, 6.45) is 0. The van der Waals surface area contributed by atoms with E-state index >= 15 is 0 Å². The maximum Gasteiger partial charge on any atom is 0.326 e. The van der Waals surface area contributed by atoms with Gasteiger partial charge in [0.1, 0.15) is 12.1 Å². The van der Waals surface area contributed by atoms with Gasteiger partial charge in [-0.3, -0.25) is 14.4 Å². The van der Waals surface area contributed by atoms with E-state index in [1.807, 2.05) is 0 Å². The van der Waals surface area contributed by atoms with Gasteiger partial charge < -0.3 is 31.9 Å². The number of carboxylic acid groups (broad SMARTS) is 1. The summed E-state index contributed by atoms with van der Waals surface area (Å²) in [5.41, 5.74) is 5.04. The van der Waals surface area contributed by atoms with Crippen LogP contribution >= 0.6 is 0 Å². The van der Waals surface area contributed by atoms with Crippen molar-refractivity contribution in [2.24, 2.45) is 11.7 Å². The van der Waals surface area contributed by atoms with E-state index in [2.05, 4.69) is 16.0 Å². The maximum absolute atomic E-state index is 11.9. The molecule has 7 N–H and O–H groups in total. The summed E-state index contributed by atoms with van der Waals surface area (Å²) < 4.78 is 0. The van der Waals surface area contributed by atoms with E-state index in [9.17, 15) is 19.2 Å². The van der Waals surface area contributed by atoms with E-state index < -0.39 is 48.9 Å². The Morgan fingerprint density at radius 1 is 1.09 bits per heavy atom. The predicted molar refractivity (Wildman–Crippen MR) is 75.5 cm³/mol. The molecule has 0 saturated carbocycles. The molecule has 0 radical (unpaired) electrons. The third-order valence-corrected chi connectivity index (χ3v) is 2.70. The lowest BCUT2D eigenvalue weighted by atomic mass is 10.0. The molecule has 0 heterocycles. The Kier molecular flexibility index (Phi) is 8.72. The van der Waals surface area contributed by atoms with Gasteiger partial charge in [-0.05, 0) is 5.92 Å². The number of amides is 3. The van der Waals surface area contributed by atoms with E-state index in [0.717, 1.165) is 0 Å². The van der Waals surface area contributed by atoms with Crippen LogP contribution in [0.3, 0.4) is 0 Å². The van der Waals surface area contributed by atoms with Crippen molar-refractivity contribution in [2.75, 3.05) is 19.7 Å². The van der Waals surface area contributed by atoms with E-state index in [4.69, 9.17) is 15.9 Å². The van der Waals surface area contributed by atoms with Crippen LogP contribution < -0.4 is 21.7 Å². The van der Waals surface area contributed by atoms with Crippen molar-refractivity contribution < 1.29 is 29.4 Å². The second-order valence-electron chi connectivity index (χ2n) is 4.85. The van der Waals surface area contributed by atoms with Crippen molar-refractivity contribution in [3.63, 3.8) is 0 Å². The van der Waals surface area contributed by atoms with Gasteiger partial charge in [-0.1, -0.05) is 13.8 Å². The number of carbonyl (C=O) groups excluding carboxylic acids is 3. The highest BCUT2D eigenvalue weighted by molar-refractivity contribution is 5.92. The van der Waals surface area contributed by atoms with E-state index in [1.165, 1.54) is 0 Å². The van der Waals surface area contributed by atoms with Gasteiger partial charge in [0, 0.05) is 0 Å². The first-order valence-electron chi connectivity index (χ1n) is 6.63. The first kappa shape index (κ1) is 19.8. The van der Waals surface area contributed by atoms with Crippen LogP contribution in [0.25, 0.3) is 0 Å². The fourth-order valence-corrected chi connectivity index (χ4v) is 1.46. The summed E-state index contributed by atoms with van der Waals surface area (Å²) in [4.78, 5) is 45.3. The number of aliphatic hydroxyl groups is 1. The molecule has 126 valence electrons. The largest absolute Gasteiger partial charge is 0.480 e. The van der Waals surface area contributed by atoms with Gasteiger partial charge in [0.15, 0.2) is 0 Å². The van der Waals surface area contributed by atoms with Gasteiger partial charge in [0.2, 0.25) is 17.7 Å². The molecule has 0 aliphatic heterocycles. The Morgan fingerprint density at radius 3 is 2.09 bits per heavy atom.